The summed E-state index contributed by atoms with van der Waals surface area (Å²) in [5, 5.41) is 24.1. The first kappa shape index (κ1) is 17.3. The number of thioether (sulfide) groups is 1. The molecular formula is C20H19NO3S. The van der Waals surface area contributed by atoms with Crippen molar-refractivity contribution in [3.63, 3.8) is 0 Å². The summed E-state index contributed by atoms with van der Waals surface area (Å²) in [5.41, 5.74) is 1.81. The fourth-order valence-corrected chi connectivity index (χ4v) is 3.56. The zero-order chi connectivity index (χ0) is 17.8. The predicted octanol–water partition coefficient (Wildman–Crippen LogP) is 4.19. The van der Waals surface area contributed by atoms with E-state index in [1.54, 1.807) is 12.1 Å². The number of amides is 1. The topological polar surface area (TPSA) is 69.6 Å². The Morgan fingerprint density at radius 2 is 1.76 bits per heavy atom. The molecule has 0 aliphatic rings. The molecule has 0 heterocycles. The Kier molecular flexibility index (Phi) is 5.26. The zero-order valence-corrected chi connectivity index (χ0v) is 14.6. The van der Waals surface area contributed by atoms with Gasteiger partial charge in [-0.05, 0) is 30.0 Å². The Bertz CT molecular complexity index is 924. The summed E-state index contributed by atoms with van der Waals surface area (Å²) in [5.74, 6) is 0.326. The van der Waals surface area contributed by atoms with Gasteiger partial charge in [0.15, 0.2) is 0 Å². The van der Waals surface area contributed by atoms with Crippen molar-refractivity contribution in [3.05, 3.63) is 65.7 Å². The largest absolute Gasteiger partial charge is 0.505 e. The number of carbonyl (C=O) groups excluding carboxylic acids is 1. The molecule has 0 bridgehead atoms. The van der Waals surface area contributed by atoms with Gasteiger partial charge in [-0.1, -0.05) is 42.5 Å². The van der Waals surface area contributed by atoms with Crippen molar-refractivity contribution < 1.29 is 15.0 Å². The number of carbonyl (C=O) groups is 1. The molecule has 0 unspecified atom stereocenters. The zero-order valence-electron chi connectivity index (χ0n) is 13.8. The second kappa shape index (κ2) is 7.59. The van der Waals surface area contributed by atoms with Gasteiger partial charge in [0.25, 0.3) is 5.91 Å². The van der Waals surface area contributed by atoms with E-state index in [1.807, 2.05) is 49.4 Å². The average molecular weight is 353 g/mol. The summed E-state index contributed by atoms with van der Waals surface area (Å²) in [6, 6.07) is 16.6. The summed E-state index contributed by atoms with van der Waals surface area (Å²) < 4.78 is 0. The third kappa shape index (κ3) is 3.62. The Morgan fingerprint density at radius 1 is 1.08 bits per heavy atom. The summed E-state index contributed by atoms with van der Waals surface area (Å²) in [4.78, 5) is 13.5. The highest BCUT2D eigenvalue weighted by Gasteiger charge is 2.15. The fourth-order valence-electron chi connectivity index (χ4n) is 2.71. The smallest absolute Gasteiger partial charge is 0.256 e. The summed E-state index contributed by atoms with van der Waals surface area (Å²) in [6.45, 7) is 1.93. The minimum atomic E-state index is -0.262. The van der Waals surface area contributed by atoms with Gasteiger partial charge in [0, 0.05) is 21.6 Å². The first-order valence-corrected chi connectivity index (χ1v) is 8.95. The SMILES string of the molecule is Cc1ccccc1C(=O)Nc1cc(SCCO)c2ccccc2c1O. The highest BCUT2D eigenvalue weighted by Crippen LogP contribution is 2.39. The lowest BCUT2D eigenvalue weighted by atomic mass is 10.1. The van der Waals surface area contributed by atoms with E-state index in [0.29, 0.717) is 22.4 Å². The number of rotatable bonds is 5. The number of aliphatic hydroxyl groups is 1. The van der Waals surface area contributed by atoms with Crippen LogP contribution in [0.15, 0.2) is 59.5 Å². The number of anilines is 1. The van der Waals surface area contributed by atoms with Gasteiger partial charge in [-0.15, -0.1) is 11.8 Å². The Hall–Kier alpha value is -2.50. The maximum atomic E-state index is 12.6. The van der Waals surface area contributed by atoms with Gasteiger partial charge in [0.1, 0.15) is 5.75 Å². The lowest BCUT2D eigenvalue weighted by Gasteiger charge is -2.14. The fraction of sp³-hybridized carbons (Fsp3) is 0.150. The predicted molar refractivity (Wildman–Crippen MR) is 103 cm³/mol. The van der Waals surface area contributed by atoms with Gasteiger partial charge in [-0.25, -0.2) is 0 Å². The number of fused-ring (bicyclic) bond motifs is 1. The van der Waals surface area contributed by atoms with Crippen LogP contribution in [0.2, 0.25) is 0 Å². The summed E-state index contributed by atoms with van der Waals surface area (Å²) in [6.07, 6.45) is 0. The van der Waals surface area contributed by atoms with Crippen LogP contribution in [0.5, 0.6) is 5.75 Å². The second-order valence-electron chi connectivity index (χ2n) is 5.66. The van der Waals surface area contributed by atoms with Crippen molar-refractivity contribution in [2.45, 2.75) is 11.8 Å². The van der Waals surface area contributed by atoms with Gasteiger partial charge >= 0.3 is 0 Å². The molecule has 4 nitrogen and oxygen atoms in total. The van der Waals surface area contributed by atoms with E-state index < -0.39 is 0 Å². The van der Waals surface area contributed by atoms with Crippen LogP contribution in [0.4, 0.5) is 5.69 Å². The minimum absolute atomic E-state index is 0.0471. The molecule has 3 aromatic rings. The van der Waals surface area contributed by atoms with Crippen molar-refractivity contribution in [3.8, 4) is 5.75 Å². The molecule has 3 aromatic carbocycles. The number of aryl methyl sites for hydroxylation is 1. The molecule has 25 heavy (non-hydrogen) atoms. The van der Waals surface area contributed by atoms with Gasteiger partial charge in [0.2, 0.25) is 0 Å². The first-order chi connectivity index (χ1) is 12.1. The van der Waals surface area contributed by atoms with Crippen molar-refractivity contribution in [1.82, 2.24) is 0 Å². The van der Waals surface area contributed by atoms with Gasteiger partial charge in [-0.2, -0.15) is 0 Å². The third-order valence-electron chi connectivity index (χ3n) is 3.96. The highest BCUT2D eigenvalue weighted by molar-refractivity contribution is 7.99. The normalized spacial score (nSPS) is 10.8. The number of hydrogen-bond donors (Lipinski definition) is 3. The average Bonchev–Trinajstić information content (AvgIpc) is 2.63. The summed E-state index contributed by atoms with van der Waals surface area (Å²) in [7, 11) is 0. The lowest BCUT2D eigenvalue weighted by Crippen LogP contribution is -2.13. The molecule has 0 aliphatic carbocycles. The maximum absolute atomic E-state index is 12.6. The van der Waals surface area contributed by atoms with Crippen LogP contribution >= 0.6 is 11.8 Å². The van der Waals surface area contributed by atoms with E-state index in [2.05, 4.69) is 5.32 Å². The molecule has 1 amide bonds. The van der Waals surface area contributed by atoms with Crippen LogP contribution in [-0.2, 0) is 0 Å². The number of benzene rings is 3. The number of aliphatic hydroxyl groups excluding tert-OH is 1. The first-order valence-electron chi connectivity index (χ1n) is 7.97. The van der Waals surface area contributed by atoms with Crippen LogP contribution in [0, 0.1) is 6.92 Å². The quantitative estimate of drug-likeness (QED) is 0.475. The maximum Gasteiger partial charge on any atom is 0.256 e. The molecule has 0 fully saturated rings. The number of phenolic OH excluding ortho intramolecular Hbond substituents is 1. The summed E-state index contributed by atoms with van der Waals surface area (Å²) >= 11 is 1.49. The molecule has 128 valence electrons. The molecule has 0 aliphatic heterocycles. The van der Waals surface area contributed by atoms with Crippen molar-refractivity contribution in [1.29, 1.82) is 0 Å². The second-order valence-corrected chi connectivity index (χ2v) is 6.79. The standard InChI is InChI=1S/C20H19NO3S/c1-13-6-2-3-7-14(13)20(24)21-17-12-18(25-11-10-22)15-8-4-5-9-16(15)19(17)23/h2-9,12,22-23H,10-11H2,1H3,(H,21,24). The Labute approximate surface area is 150 Å². The lowest BCUT2D eigenvalue weighted by molar-refractivity contribution is 0.102. The van der Waals surface area contributed by atoms with E-state index in [1.165, 1.54) is 11.8 Å². The molecule has 3 N–H and O–H groups in total. The monoisotopic (exact) mass is 353 g/mol. The number of aromatic hydroxyl groups is 1. The van der Waals surface area contributed by atoms with E-state index in [9.17, 15) is 9.90 Å². The molecule has 0 radical (unpaired) electrons. The molecule has 0 aromatic heterocycles. The molecule has 5 heteroatoms. The van der Waals surface area contributed by atoms with Crippen LogP contribution in [-0.4, -0.2) is 28.5 Å². The molecule has 0 atom stereocenters. The Balaban J connectivity index is 2.02. The van der Waals surface area contributed by atoms with Gasteiger partial charge in [0.05, 0.1) is 12.3 Å². The van der Waals surface area contributed by atoms with Crippen LogP contribution in [0.1, 0.15) is 15.9 Å². The number of hydrogen-bond acceptors (Lipinski definition) is 4. The van der Waals surface area contributed by atoms with Crippen molar-refractivity contribution in [2.24, 2.45) is 0 Å². The van der Waals surface area contributed by atoms with Crippen LogP contribution in [0.25, 0.3) is 10.8 Å². The highest BCUT2D eigenvalue weighted by atomic mass is 32.2. The van der Waals surface area contributed by atoms with E-state index >= 15 is 0 Å². The van der Waals surface area contributed by atoms with Crippen molar-refractivity contribution in [2.75, 3.05) is 17.7 Å². The van der Waals surface area contributed by atoms with Crippen molar-refractivity contribution >= 4 is 34.1 Å². The molecule has 0 spiro atoms. The van der Waals surface area contributed by atoms with E-state index in [4.69, 9.17) is 5.11 Å². The molecule has 0 saturated heterocycles. The number of nitrogens with one attached hydrogen (secondary N) is 1. The van der Waals surface area contributed by atoms with Crippen LogP contribution < -0.4 is 5.32 Å². The third-order valence-corrected chi connectivity index (χ3v) is 5.00. The van der Waals surface area contributed by atoms with Gasteiger partial charge in [-0.3, -0.25) is 4.79 Å². The van der Waals surface area contributed by atoms with E-state index in [0.717, 1.165) is 15.8 Å². The van der Waals surface area contributed by atoms with E-state index in [-0.39, 0.29) is 18.3 Å². The molecular weight excluding hydrogens is 334 g/mol. The number of phenols is 1. The molecule has 3 rings (SSSR count). The minimum Gasteiger partial charge on any atom is -0.505 e. The van der Waals surface area contributed by atoms with Crippen LogP contribution in [0.3, 0.4) is 0 Å². The Morgan fingerprint density at radius 3 is 2.48 bits per heavy atom. The van der Waals surface area contributed by atoms with Gasteiger partial charge < -0.3 is 15.5 Å². The molecule has 0 saturated carbocycles.